The highest BCUT2D eigenvalue weighted by Crippen LogP contribution is 2.39. The van der Waals surface area contributed by atoms with E-state index in [-0.39, 0.29) is 24.5 Å². The van der Waals surface area contributed by atoms with Crippen LogP contribution in [0.25, 0.3) is 10.8 Å². The Labute approximate surface area is 156 Å². The molecule has 0 radical (unpaired) electrons. The summed E-state index contributed by atoms with van der Waals surface area (Å²) in [6.45, 7) is 1.09. The average molecular weight is 376 g/mol. The zero-order chi connectivity index (χ0) is 19.2. The van der Waals surface area contributed by atoms with Crippen molar-refractivity contribution in [3.05, 3.63) is 48.0 Å². The van der Waals surface area contributed by atoms with Gasteiger partial charge in [0.1, 0.15) is 6.54 Å². The molecular formula is C21H23F3N2O. The Morgan fingerprint density at radius 1 is 1.11 bits per heavy atom. The summed E-state index contributed by atoms with van der Waals surface area (Å²) in [5, 5.41) is 2.29. The average Bonchev–Trinajstić information content (AvgIpc) is 3.40. The standard InChI is InChI=1S/C21H23F3N2O/c1-14(16-7-6-15-4-2-3-5-17(15)12-16)26(18-8-9-18)19-10-11-25(20(19)27)13-21(22,23)24/h2-7,12,14,18-19H,8-11,13H2,1H3. The largest absolute Gasteiger partial charge is 0.406 e. The number of rotatable bonds is 5. The van der Waals surface area contributed by atoms with E-state index in [2.05, 4.69) is 42.2 Å². The molecule has 0 N–H and O–H groups in total. The van der Waals surface area contributed by atoms with E-state index >= 15 is 0 Å². The molecule has 2 aromatic rings. The molecule has 0 bridgehead atoms. The Morgan fingerprint density at radius 2 is 1.81 bits per heavy atom. The molecule has 27 heavy (non-hydrogen) atoms. The minimum absolute atomic E-state index is 0.0121. The number of fused-ring (bicyclic) bond motifs is 1. The third-order valence-corrected chi connectivity index (χ3v) is 5.67. The molecule has 2 unspecified atom stereocenters. The van der Waals surface area contributed by atoms with Crippen LogP contribution in [0.4, 0.5) is 13.2 Å². The van der Waals surface area contributed by atoms with E-state index in [0.717, 1.165) is 34.1 Å². The summed E-state index contributed by atoms with van der Waals surface area (Å²) in [7, 11) is 0. The van der Waals surface area contributed by atoms with E-state index in [4.69, 9.17) is 0 Å². The maximum Gasteiger partial charge on any atom is 0.406 e. The van der Waals surface area contributed by atoms with Crippen molar-refractivity contribution in [2.45, 2.75) is 50.5 Å². The number of nitrogens with zero attached hydrogens (tertiary/aromatic N) is 2. The smallest absolute Gasteiger partial charge is 0.332 e. The lowest BCUT2D eigenvalue weighted by Crippen LogP contribution is -2.46. The summed E-state index contributed by atoms with van der Waals surface area (Å²) >= 11 is 0. The Kier molecular flexibility index (Phi) is 4.62. The zero-order valence-corrected chi connectivity index (χ0v) is 15.2. The molecule has 2 aliphatic rings. The molecular weight excluding hydrogens is 353 g/mol. The van der Waals surface area contributed by atoms with Gasteiger partial charge in [0.25, 0.3) is 0 Å². The second kappa shape index (κ2) is 6.82. The molecule has 144 valence electrons. The van der Waals surface area contributed by atoms with Crippen LogP contribution < -0.4 is 0 Å². The highest BCUT2D eigenvalue weighted by molar-refractivity contribution is 5.85. The summed E-state index contributed by atoms with van der Waals surface area (Å²) in [6, 6.07) is 14.2. The molecule has 0 aromatic heterocycles. The van der Waals surface area contributed by atoms with Crippen molar-refractivity contribution >= 4 is 16.7 Å². The normalized spacial score (nSPS) is 22.0. The lowest BCUT2D eigenvalue weighted by atomic mass is 10.00. The SMILES string of the molecule is CC(c1ccc2ccccc2c1)N(C1CC1)C1CCN(CC(F)(F)F)C1=O. The number of hydrogen-bond acceptors (Lipinski definition) is 2. The first-order valence-corrected chi connectivity index (χ1v) is 9.45. The van der Waals surface area contributed by atoms with Crippen molar-refractivity contribution in [2.75, 3.05) is 13.1 Å². The van der Waals surface area contributed by atoms with Crippen molar-refractivity contribution in [1.82, 2.24) is 9.80 Å². The summed E-state index contributed by atoms with van der Waals surface area (Å²) in [5.74, 6) is -0.383. The molecule has 1 saturated carbocycles. The highest BCUT2D eigenvalue weighted by atomic mass is 19.4. The molecule has 1 aliphatic heterocycles. The number of halogens is 3. The van der Waals surface area contributed by atoms with Crippen LogP contribution in [0.2, 0.25) is 0 Å². The number of amides is 1. The van der Waals surface area contributed by atoms with E-state index in [1.807, 2.05) is 12.1 Å². The summed E-state index contributed by atoms with van der Waals surface area (Å²) in [4.78, 5) is 15.8. The Balaban J connectivity index is 1.58. The minimum atomic E-state index is -4.35. The van der Waals surface area contributed by atoms with Crippen LogP contribution in [0, 0.1) is 0 Å². The summed E-state index contributed by atoms with van der Waals surface area (Å²) in [5.41, 5.74) is 1.10. The van der Waals surface area contributed by atoms with E-state index in [0.29, 0.717) is 6.42 Å². The van der Waals surface area contributed by atoms with Crippen molar-refractivity contribution in [3.8, 4) is 0 Å². The second-order valence-corrected chi connectivity index (χ2v) is 7.64. The topological polar surface area (TPSA) is 23.6 Å². The molecule has 1 saturated heterocycles. The molecule has 0 spiro atoms. The van der Waals surface area contributed by atoms with Crippen molar-refractivity contribution in [3.63, 3.8) is 0 Å². The van der Waals surface area contributed by atoms with E-state index in [1.165, 1.54) is 0 Å². The molecule has 2 atom stereocenters. The van der Waals surface area contributed by atoms with Gasteiger partial charge in [-0.3, -0.25) is 9.69 Å². The number of carbonyl (C=O) groups excluding carboxylic acids is 1. The minimum Gasteiger partial charge on any atom is -0.332 e. The summed E-state index contributed by atoms with van der Waals surface area (Å²) in [6.07, 6.45) is -1.88. The first kappa shape index (κ1) is 18.3. The van der Waals surface area contributed by atoms with Gasteiger partial charge in [0.05, 0.1) is 6.04 Å². The summed E-state index contributed by atoms with van der Waals surface area (Å²) < 4.78 is 38.2. The van der Waals surface area contributed by atoms with Gasteiger partial charge in [0.2, 0.25) is 5.91 Å². The van der Waals surface area contributed by atoms with Crippen LogP contribution in [-0.2, 0) is 4.79 Å². The fourth-order valence-corrected chi connectivity index (χ4v) is 4.23. The van der Waals surface area contributed by atoms with Crippen LogP contribution in [0.3, 0.4) is 0 Å². The highest BCUT2D eigenvalue weighted by Gasteiger charge is 2.46. The fourth-order valence-electron chi connectivity index (χ4n) is 4.23. The van der Waals surface area contributed by atoms with Crippen molar-refractivity contribution < 1.29 is 18.0 Å². The molecule has 3 nitrogen and oxygen atoms in total. The maximum absolute atomic E-state index is 12.7. The Hall–Kier alpha value is -2.08. The fraction of sp³-hybridized carbons (Fsp3) is 0.476. The number of alkyl halides is 3. The number of benzene rings is 2. The molecule has 1 amide bonds. The van der Waals surface area contributed by atoms with Crippen LogP contribution in [0.1, 0.15) is 37.8 Å². The monoisotopic (exact) mass is 376 g/mol. The first-order chi connectivity index (χ1) is 12.8. The second-order valence-electron chi connectivity index (χ2n) is 7.64. The van der Waals surface area contributed by atoms with Crippen molar-refractivity contribution in [2.24, 2.45) is 0 Å². The van der Waals surface area contributed by atoms with Crippen LogP contribution in [0.15, 0.2) is 42.5 Å². The molecule has 1 heterocycles. The zero-order valence-electron chi connectivity index (χ0n) is 15.2. The lowest BCUT2D eigenvalue weighted by molar-refractivity contribution is -0.159. The van der Waals surface area contributed by atoms with Gasteiger partial charge < -0.3 is 4.90 Å². The number of hydrogen-bond donors (Lipinski definition) is 0. The van der Waals surface area contributed by atoms with Crippen LogP contribution in [0.5, 0.6) is 0 Å². The van der Waals surface area contributed by atoms with E-state index in [1.54, 1.807) is 0 Å². The van der Waals surface area contributed by atoms with Crippen LogP contribution >= 0.6 is 0 Å². The molecule has 1 aliphatic carbocycles. The predicted molar refractivity (Wildman–Crippen MR) is 98.3 cm³/mol. The van der Waals surface area contributed by atoms with Gasteiger partial charge in [0, 0.05) is 18.6 Å². The van der Waals surface area contributed by atoms with Gasteiger partial charge in [-0.05, 0) is 48.6 Å². The van der Waals surface area contributed by atoms with Gasteiger partial charge in [-0.1, -0.05) is 36.4 Å². The molecule has 4 rings (SSSR count). The maximum atomic E-state index is 12.7. The third-order valence-electron chi connectivity index (χ3n) is 5.67. The molecule has 6 heteroatoms. The van der Waals surface area contributed by atoms with Gasteiger partial charge in [0.15, 0.2) is 0 Å². The van der Waals surface area contributed by atoms with Crippen molar-refractivity contribution in [1.29, 1.82) is 0 Å². The number of carbonyl (C=O) groups is 1. The first-order valence-electron chi connectivity index (χ1n) is 9.45. The van der Waals surface area contributed by atoms with Gasteiger partial charge in [-0.15, -0.1) is 0 Å². The molecule has 2 aromatic carbocycles. The quantitative estimate of drug-likeness (QED) is 0.766. The van der Waals surface area contributed by atoms with Gasteiger partial charge >= 0.3 is 6.18 Å². The van der Waals surface area contributed by atoms with Gasteiger partial charge in [-0.2, -0.15) is 13.2 Å². The lowest BCUT2D eigenvalue weighted by Gasteiger charge is -2.34. The molecule has 2 fully saturated rings. The van der Waals surface area contributed by atoms with Gasteiger partial charge in [-0.25, -0.2) is 0 Å². The van der Waals surface area contributed by atoms with E-state index < -0.39 is 18.8 Å². The Morgan fingerprint density at radius 3 is 2.48 bits per heavy atom. The number of likely N-dealkylation sites (tertiary alicyclic amines) is 1. The Bertz CT molecular complexity index is 847. The predicted octanol–water partition coefficient (Wildman–Crippen LogP) is 4.53. The third kappa shape index (κ3) is 3.81. The van der Waals surface area contributed by atoms with Crippen LogP contribution in [-0.4, -0.2) is 47.1 Å². The van der Waals surface area contributed by atoms with E-state index in [9.17, 15) is 18.0 Å².